The summed E-state index contributed by atoms with van der Waals surface area (Å²) in [7, 11) is 0. The van der Waals surface area contributed by atoms with Gasteiger partial charge in [0, 0.05) is 28.0 Å². The highest BCUT2D eigenvalue weighted by Gasteiger charge is 2.32. The number of nitrogens with one attached hydrogen (secondary N) is 1. The van der Waals surface area contributed by atoms with Gasteiger partial charge in [0.25, 0.3) is 0 Å². The smallest absolute Gasteiger partial charge is 0.0663 e. The Morgan fingerprint density at radius 3 is 2.85 bits per heavy atom. The van der Waals surface area contributed by atoms with Crippen molar-refractivity contribution >= 4 is 40.7 Å². The van der Waals surface area contributed by atoms with E-state index in [0.29, 0.717) is 6.04 Å². The van der Waals surface area contributed by atoms with Crippen LogP contribution in [0.3, 0.4) is 0 Å². The van der Waals surface area contributed by atoms with Crippen LogP contribution >= 0.6 is 22.9 Å². The highest BCUT2D eigenvalue weighted by molar-refractivity contribution is 7.13. The van der Waals surface area contributed by atoms with Crippen molar-refractivity contribution in [1.29, 1.82) is 0 Å². The van der Waals surface area contributed by atoms with Crippen LogP contribution in [0.15, 0.2) is 30.9 Å². The number of thiophene rings is 1. The van der Waals surface area contributed by atoms with Crippen LogP contribution in [0.25, 0.3) is 17.7 Å². The summed E-state index contributed by atoms with van der Waals surface area (Å²) in [4.78, 5) is 2.85. The van der Waals surface area contributed by atoms with Crippen molar-refractivity contribution in [2.24, 2.45) is 5.41 Å². The maximum atomic E-state index is 6.41. The molecule has 0 radical (unpaired) electrons. The Balaban J connectivity index is 1.71. The predicted molar refractivity (Wildman–Crippen MR) is 115 cm³/mol. The number of rotatable bonds is 2. The number of allylic oxidation sites excluding steroid dienone is 3. The van der Waals surface area contributed by atoms with E-state index in [-0.39, 0.29) is 5.41 Å². The van der Waals surface area contributed by atoms with Crippen LogP contribution in [0.2, 0.25) is 5.02 Å². The normalized spacial score (nSPS) is 19.5. The Labute approximate surface area is 164 Å². The molecular formula is C22H25ClN2S. The zero-order valence-corrected chi connectivity index (χ0v) is 17.2. The molecule has 1 atom stereocenters. The number of aromatic nitrogens is 1. The first-order valence-corrected chi connectivity index (χ1v) is 10.3. The third-order valence-corrected chi connectivity index (χ3v) is 6.84. The molecule has 0 saturated carbocycles. The third kappa shape index (κ3) is 3.02. The van der Waals surface area contributed by atoms with Crippen LogP contribution in [-0.2, 0) is 13.0 Å². The van der Waals surface area contributed by atoms with Crippen molar-refractivity contribution in [2.75, 3.05) is 6.54 Å². The molecular weight excluding hydrogens is 360 g/mol. The van der Waals surface area contributed by atoms with Crippen LogP contribution in [0.5, 0.6) is 0 Å². The van der Waals surface area contributed by atoms with Crippen LogP contribution < -0.4 is 5.32 Å². The van der Waals surface area contributed by atoms with Crippen LogP contribution in [-0.4, -0.2) is 11.1 Å². The molecule has 4 heterocycles. The second kappa shape index (κ2) is 6.56. The summed E-state index contributed by atoms with van der Waals surface area (Å²) >= 11 is 8.35. The van der Waals surface area contributed by atoms with Gasteiger partial charge in [0.15, 0.2) is 0 Å². The van der Waals surface area contributed by atoms with Gasteiger partial charge in [0.1, 0.15) is 0 Å². The Hall–Kier alpha value is -1.55. The quantitative estimate of drug-likeness (QED) is 0.653. The van der Waals surface area contributed by atoms with Crippen molar-refractivity contribution in [3.63, 3.8) is 0 Å². The fraction of sp³-hybridized carbons (Fsp3) is 0.364. The Bertz CT molecular complexity index is 921. The minimum absolute atomic E-state index is 0.218. The molecule has 2 aliphatic heterocycles. The first-order valence-electron chi connectivity index (χ1n) is 9.14. The Kier molecular flexibility index (Phi) is 4.50. The first-order chi connectivity index (χ1) is 12.4. The van der Waals surface area contributed by atoms with Gasteiger partial charge in [-0.15, -0.1) is 11.3 Å². The topological polar surface area (TPSA) is 17.0 Å². The van der Waals surface area contributed by atoms with Gasteiger partial charge in [-0.2, -0.15) is 0 Å². The molecule has 2 aromatic heterocycles. The average molecular weight is 385 g/mol. The van der Waals surface area contributed by atoms with E-state index in [1.807, 2.05) is 23.5 Å². The molecule has 2 aliphatic rings. The maximum Gasteiger partial charge on any atom is 0.0663 e. The minimum atomic E-state index is 0.218. The van der Waals surface area contributed by atoms with Crippen molar-refractivity contribution in [1.82, 2.24) is 9.88 Å². The summed E-state index contributed by atoms with van der Waals surface area (Å²) in [6, 6.07) is 4.80. The van der Waals surface area contributed by atoms with Crippen molar-refractivity contribution in [2.45, 2.75) is 39.8 Å². The lowest BCUT2D eigenvalue weighted by Gasteiger charge is -2.34. The van der Waals surface area contributed by atoms with Gasteiger partial charge in [-0.25, -0.2) is 0 Å². The van der Waals surface area contributed by atoms with Crippen LogP contribution in [0.4, 0.5) is 0 Å². The largest absolute Gasteiger partial charge is 0.336 e. The van der Waals surface area contributed by atoms with E-state index in [4.69, 9.17) is 11.6 Å². The number of nitrogens with zero attached hydrogens (tertiary/aromatic N) is 1. The van der Waals surface area contributed by atoms with Gasteiger partial charge in [0.05, 0.1) is 10.7 Å². The van der Waals surface area contributed by atoms with E-state index in [9.17, 15) is 0 Å². The van der Waals surface area contributed by atoms with Crippen molar-refractivity contribution < 1.29 is 0 Å². The molecule has 0 amide bonds. The second-order valence-corrected chi connectivity index (χ2v) is 9.60. The molecule has 2 nitrogen and oxygen atoms in total. The molecule has 26 heavy (non-hydrogen) atoms. The lowest BCUT2D eigenvalue weighted by molar-refractivity contribution is 0.268. The van der Waals surface area contributed by atoms with Gasteiger partial charge >= 0.3 is 0 Å². The summed E-state index contributed by atoms with van der Waals surface area (Å²) in [5.74, 6) is 0. The Morgan fingerprint density at radius 1 is 1.31 bits per heavy atom. The molecule has 0 bridgehead atoms. The third-order valence-electron chi connectivity index (χ3n) is 5.24. The average Bonchev–Trinajstić information content (AvgIpc) is 3.07. The highest BCUT2D eigenvalue weighted by atomic mass is 35.5. The van der Waals surface area contributed by atoms with E-state index in [0.717, 1.165) is 35.9 Å². The van der Waals surface area contributed by atoms with E-state index in [1.165, 1.54) is 20.9 Å². The van der Waals surface area contributed by atoms with E-state index >= 15 is 0 Å². The zero-order chi connectivity index (χ0) is 18.5. The molecule has 0 spiro atoms. The number of hydrogen-bond acceptors (Lipinski definition) is 2. The minimum Gasteiger partial charge on any atom is -0.336 e. The molecule has 1 unspecified atom stereocenters. The van der Waals surface area contributed by atoms with Gasteiger partial charge in [0.2, 0.25) is 0 Å². The van der Waals surface area contributed by atoms with E-state index in [2.05, 4.69) is 61.5 Å². The zero-order valence-electron chi connectivity index (χ0n) is 15.6. The summed E-state index contributed by atoms with van der Waals surface area (Å²) < 4.78 is 2.21. The molecule has 136 valence electrons. The fourth-order valence-electron chi connectivity index (χ4n) is 3.87. The molecule has 4 heteroatoms. The van der Waals surface area contributed by atoms with E-state index in [1.54, 1.807) is 0 Å². The summed E-state index contributed by atoms with van der Waals surface area (Å²) in [6.07, 6.45) is 9.61. The molecule has 0 aromatic carbocycles. The van der Waals surface area contributed by atoms with Gasteiger partial charge in [-0.1, -0.05) is 51.1 Å². The number of halogens is 1. The summed E-state index contributed by atoms with van der Waals surface area (Å²) in [6.45, 7) is 12.7. The first kappa shape index (κ1) is 17.8. The SMILES string of the molecule is C=Cc1cc(Cl)c2n1CC=C(c1cc3c(s1)C(C(C)(C)C)NCC3)C=C2. The summed E-state index contributed by atoms with van der Waals surface area (Å²) in [5.41, 5.74) is 5.13. The van der Waals surface area contributed by atoms with Crippen molar-refractivity contribution in [3.8, 4) is 0 Å². The molecule has 4 rings (SSSR count). The van der Waals surface area contributed by atoms with Gasteiger partial charge in [-0.05, 0) is 53.8 Å². The lowest BCUT2D eigenvalue weighted by Crippen LogP contribution is -2.36. The Morgan fingerprint density at radius 2 is 2.12 bits per heavy atom. The standard InChI is InChI=1S/C22H25ClN2S/c1-5-16-13-17(23)18-7-6-14(9-11-25(16)18)19-12-15-8-10-24-21(20(15)26-19)22(2,3)4/h5-7,9,12-13,21,24H,1,8,10-11H2,2-4H3. The molecule has 2 aromatic rings. The van der Waals surface area contributed by atoms with Crippen molar-refractivity contribution in [3.05, 3.63) is 62.6 Å². The van der Waals surface area contributed by atoms with Crippen LogP contribution in [0.1, 0.15) is 53.5 Å². The predicted octanol–water partition coefficient (Wildman–Crippen LogP) is 6.19. The van der Waals surface area contributed by atoms with Crippen LogP contribution in [0, 0.1) is 5.41 Å². The number of fused-ring (bicyclic) bond motifs is 2. The van der Waals surface area contributed by atoms with Gasteiger partial charge in [-0.3, -0.25) is 0 Å². The van der Waals surface area contributed by atoms with E-state index < -0.39 is 0 Å². The maximum absolute atomic E-state index is 6.41. The highest BCUT2D eigenvalue weighted by Crippen LogP contribution is 2.43. The molecule has 1 N–H and O–H groups in total. The fourth-order valence-corrected chi connectivity index (χ4v) is 5.70. The molecule has 0 saturated heterocycles. The molecule has 0 aliphatic carbocycles. The monoisotopic (exact) mass is 384 g/mol. The lowest BCUT2D eigenvalue weighted by atomic mass is 9.82. The second-order valence-electron chi connectivity index (χ2n) is 8.11. The van der Waals surface area contributed by atoms with Gasteiger partial charge < -0.3 is 9.88 Å². The molecule has 0 fully saturated rings. The summed E-state index contributed by atoms with van der Waals surface area (Å²) in [5, 5.41) is 4.50. The number of hydrogen-bond donors (Lipinski definition) is 1.